The van der Waals surface area contributed by atoms with Crippen molar-refractivity contribution in [3.05, 3.63) is 0 Å². The fraction of sp³-hybridized carbons (Fsp3) is 0.933. The van der Waals surface area contributed by atoms with E-state index in [0.29, 0.717) is 12.6 Å². The first-order chi connectivity index (χ1) is 10.2. The van der Waals surface area contributed by atoms with Crippen LogP contribution in [0.15, 0.2) is 4.99 Å². The van der Waals surface area contributed by atoms with Crippen LogP contribution in [0.2, 0.25) is 0 Å². The van der Waals surface area contributed by atoms with Crippen LogP contribution in [0.1, 0.15) is 33.1 Å². The van der Waals surface area contributed by atoms with Crippen molar-refractivity contribution in [2.75, 3.05) is 32.9 Å². The lowest BCUT2D eigenvalue weighted by atomic mass is 9.70. The Balaban J connectivity index is 0.00000176. The fourth-order valence-electron chi connectivity index (χ4n) is 3.70. The van der Waals surface area contributed by atoms with Crippen molar-refractivity contribution in [3.8, 4) is 0 Å². The van der Waals surface area contributed by atoms with Gasteiger partial charge in [0.05, 0.1) is 24.9 Å². The molecule has 128 valence electrons. The molecule has 2 aliphatic heterocycles. The summed E-state index contributed by atoms with van der Waals surface area (Å²) in [5, 5.41) is 0. The van der Waals surface area contributed by atoms with E-state index in [2.05, 4.69) is 11.8 Å². The lowest BCUT2D eigenvalue weighted by Gasteiger charge is -2.50. The number of morpholine rings is 1. The Labute approximate surface area is 149 Å². The van der Waals surface area contributed by atoms with E-state index in [1.807, 2.05) is 6.92 Å². The first kappa shape index (κ1) is 18.2. The monoisotopic (exact) mass is 425 g/mol. The van der Waals surface area contributed by atoms with Gasteiger partial charge in [-0.2, -0.15) is 0 Å². The normalized spacial score (nSPS) is 38.7. The largest absolute Gasteiger partial charge is 0.375 e. The highest BCUT2D eigenvalue weighted by molar-refractivity contribution is 14.0. The molecule has 2 saturated heterocycles. The van der Waals surface area contributed by atoms with Gasteiger partial charge in [0.15, 0.2) is 5.96 Å². The van der Waals surface area contributed by atoms with Crippen molar-refractivity contribution in [1.82, 2.24) is 4.90 Å². The molecule has 3 fully saturated rings. The summed E-state index contributed by atoms with van der Waals surface area (Å²) < 4.78 is 17.4. The van der Waals surface area contributed by atoms with Crippen LogP contribution in [0.5, 0.6) is 0 Å². The first-order valence-corrected chi connectivity index (χ1v) is 8.11. The third-order valence-electron chi connectivity index (χ3n) is 4.85. The molecule has 0 aromatic carbocycles. The molecule has 6 nitrogen and oxygen atoms in total. The molecule has 1 saturated carbocycles. The molecule has 1 spiro atoms. The Morgan fingerprint density at radius 3 is 2.91 bits per heavy atom. The average molecular weight is 425 g/mol. The Bertz CT molecular complexity index is 401. The molecule has 0 amide bonds. The van der Waals surface area contributed by atoms with E-state index in [1.54, 1.807) is 0 Å². The van der Waals surface area contributed by atoms with Gasteiger partial charge in [0, 0.05) is 32.7 Å². The Morgan fingerprint density at radius 1 is 1.45 bits per heavy atom. The topological polar surface area (TPSA) is 69.3 Å². The van der Waals surface area contributed by atoms with Crippen molar-refractivity contribution < 1.29 is 14.2 Å². The summed E-state index contributed by atoms with van der Waals surface area (Å²) in [6.45, 7) is 7.97. The van der Waals surface area contributed by atoms with Crippen LogP contribution in [-0.4, -0.2) is 67.6 Å². The molecule has 1 aliphatic carbocycles. The number of aliphatic imine (C=N–C) groups is 1. The second-order valence-corrected chi connectivity index (χ2v) is 6.22. The lowest BCUT2D eigenvalue weighted by molar-refractivity contribution is -0.189. The molecular weight excluding hydrogens is 397 g/mol. The SMILES string of the molecule is CCOC1CC(N=C(N)N2CCOC(C)C2)C12CCCO2.I. The third kappa shape index (κ3) is 3.37. The van der Waals surface area contributed by atoms with Crippen LogP contribution in [0.25, 0.3) is 0 Å². The number of nitrogens with two attached hydrogens (primary N) is 1. The van der Waals surface area contributed by atoms with Crippen molar-refractivity contribution in [1.29, 1.82) is 0 Å². The summed E-state index contributed by atoms with van der Waals surface area (Å²) in [5.74, 6) is 0.625. The van der Waals surface area contributed by atoms with Gasteiger partial charge in [-0.25, -0.2) is 4.99 Å². The van der Waals surface area contributed by atoms with Crippen molar-refractivity contribution in [2.45, 2.75) is 57.0 Å². The van der Waals surface area contributed by atoms with Gasteiger partial charge in [0.2, 0.25) is 0 Å². The van der Waals surface area contributed by atoms with Crippen LogP contribution in [0, 0.1) is 0 Å². The molecule has 4 unspecified atom stereocenters. The maximum absolute atomic E-state index is 6.22. The Hall–Kier alpha value is -0.120. The van der Waals surface area contributed by atoms with E-state index in [4.69, 9.17) is 24.9 Å². The second-order valence-electron chi connectivity index (χ2n) is 6.22. The zero-order chi connectivity index (χ0) is 14.9. The molecule has 0 aromatic heterocycles. The van der Waals surface area contributed by atoms with Crippen molar-refractivity contribution in [3.63, 3.8) is 0 Å². The van der Waals surface area contributed by atoms with Gasteiger partial charge in [-0.15, -0.1) is 24.0 Å². The average Bonchev–Trinajstić information content (AvgIpc) is 2.98. The molecule has 3 rings (SSSR count). The predicted molar refractivity (Wildman–Crippen MR) is 95.8 cm³/mol. The van der Waals surface area contributed by atoms with Gasteiger partial charge in [-0.1, -0.05) is 0 Å². The van der Waals surface area contributed by atoms with E-state index in [1.165, 1.54) is 0 Å². The zero-order valence-electron chi connectivity index (χ0n) is 13.5. The van der Waals surface area contributed by atoms with Crippen molar-refractivity contribution in [2.24, 2.45) is 10.7 Å². The van der Waals surface area contributed by atoms with E-state index in [9.17, 15) is 0 Å². The van der Waals surface area contributed by atoms with E-state index < -0.39 is 0 Å². The molecule has 22 heavy (non-hydrogen) atoms. The van der Waals surface area contributed by atoms with Crippen LogP contribution in [0.4, 0.5) is 0 Å². The minimum absolute atomic E-state index is 0. The highest BCUT2D eigenvalue weighted by atomic mass is 127. The Morgan fingerprint density at radius 2 is 2.27 bits per heavy atom. The van der Waals surface area contributed by atoms with Crippen LogP contribution in [0.3, 0.4) is 0 Å². The summed E-state index contributed by atoms with van der Waals surface area (Å²) >= 11 is 0. The van der Waals surface area contributed by atoms with Crippen LogP contribution < -0.4 is 5.73 Å². The fourth-order valence-corrected chi connectivity index (χ4v) is 3.70. The molecule has 0 bridgehead atoms. The second kappa shape index (κ2) is 7.63. The zero-order valence-corrected chi connectivity index (χ0v) is 15.8. The third-order valence-corrected chi connectivity index (χ3v) is 4.85. The summed E-state index contributed by atoms with van der Waals surface area (Å²) in [6.07, 6.45) is 3.41. The van der Waals surface area contributed by atoms with Gasteiger partial charge < -0.3 is 24.8 Å². The van der Waals surface area contributed by atoms with Crippen molar-refractivity contribution >= 4 is 29.9 Å². The van der Waals surface area contributed by atoms with Gasteiger partial charge in [0.25, 0.3) is 0 Å². The number of halogens is 1. The molecule has 4 atom stereocenters. The summed E-state index contributed by atoms with van der Waals surface area (Å²) in [7, 11) is 0. The van der Waals surface area contributed by atoms with Crippen LogP contribution >= 0.6 is 24.0 Å². The number of ether oxygens (including phenoxy) is 3. The van der Waals surface area contributed by atoms with Gasteiger partial charge in [0.1, 0.15) is 5.60 Å². The standard InChI is InChI=1S/C15H27N3O3.HI/c1-3-19-13-9-12(15(13)5-4-7-21-15)17-14(16)18-6-8-20-11(2)10-18;/h11-13H,3-10H2,1-2H3,(H2,16,17);1H. The molecule has 0 aromatic rings. The Kier molecular flexibility index (Phi) is 6.32. The molecule has 2 N–H and O–H groups in total. The van der Waals surface area contributed by atoms with Gasteiger partial charge >= 0.3 is 0 Å². The van der Waals surface area contributed by atoms with Gasteiger partial charge in [-0.3, -0.25) is 0 Å². The van der Waals surface area contributed by atoms with Gasteiger partial charge in [-0.05, 0) is 26.7 Å². The summed E-state index contributed by atoms with van der Waals surface area (Å²) in [4.78, 5) is 6.88. The minimum atomic E-state index is -0.224. The predicted octanol–water partition coefficient (Wildman–Crippen LogP) is 1.37. The van der Waals surface area contributed by atoms with E-state index in [-0.39, 0.29) is 47.8 Å². The summed E-state index contributed by atoms with van der Waals surface area (Å²) in [6, 6.07) is 0.134. The maximum Gasteiger partial charge on any atom is 0.191 e. The molecule has 0 radical (unpaired) electrons. The molecule has 7 heteroatoms. The highest BCUT2D eigenvalue weighted by Gasteiger charge is 2.59. The quantitative estimate of drug-likeness (QED) is 0.420. The van der Waals surface area contributed by atoms with E-state index >= 15 is 0 Å². The number of nitrogens with zero attached hydrogens (tertiary/aromatic N) is 2. The van der Waals surface area contributed by atoms with Crippen LogP contribution in [-0.2, 0) is 14.2 Å². The summed E-state index contributed by atoms with van der Waals surface area (Å²) in [5.41, 5.74) is 5.99. The molecule has 3 aliphatic rings. The number of hydrogen-bond acceptors (Lipinski definition) is 4. The number of guanidine groups is 1. The smallest absolute Gasteiger partial charge is 0.191 e. The highest BCUT2D eigenvalue weighted by Crippen LogP contribution is 2.47. The maximum atomic E-state index is 6.22. The number of rotatable bonds is 3. The first-order valence-electron chi connectivity index (χ1n) is 8.11. The lowest BCUT2D eigenvalue weighted by Crippen LogP contribution is -2.64. The minimum Gasteiger partial charge on any atom is -0.375 e. The molecule has 2 heterocycles. The van der Waals surface area contributed by atoms with E-state index in [0.717, 1.165) is 45.6 Å². The molecular formula is C15H28IN3O3. The number of hydrogen-bond donors (Lipinski definition) is 1.